The number of aromatic nitrogens is 4. The summed E-state index contributed by atoms with van der Waals surface area (Å²) < 4.78 is 46.3. The third-order valence-corrected chi connectivity index (χ3v) is 5.16. The fourth-order valence-corrected chi connectivity index (χ4v) is 3.24. The lowest BCUT2D eigenvalue weighted by Crippen LogP contribution is -2.43. The number of carboxylic acid groups (broad SMARTS) is 1. The summed E-state index contributed by atoms with van der Waals surface area (Å²) >= 11 is 3.01. The van der Waals surface area contributed by atoms with Crippen LogP contribution in [0.25, 0.3) is 17.2 Å². The molecule has 160 valence electrons. The third kappa shape index (κ3) is 4.31. The molecule has 0 fully saturated rings. The van der Waals surface area contributed by atoms with Gasteiger partial charge >= 0.3 is 22.1 Å². The van der Waals surface area contributed by atoms with Crippen molar-refractivity contribution in [2.75, 3.05) is 18.4 Å². The average Bonchev–Trinajstić information content (AvgIpc) is 3.25. The summed E-state index contributed by atoms with van der Waals surface area (Å²) in [6, 6.07) is 3.70. The number of halogens is 2. The van der Waals surface area contributed by atoms with Gasteiger partial charge in [0.25, 0.3) is 0 Å². The zero-order chi connectivity index (χ0) is 22.1. The van der Waals surface area contributed by atoms with E-state index >= 15 is 0 Å². The summed E-state index contributed by atoms with van der Waals surface area (Å²) in [5, 5.41) is 27.1. The van der Waals surface area contributed by atoms with Gasteiger partial charge in [-0.1, -0.05) is 5.16 Å². The van der Waals surface area contributed by atoms with E-state index in [1.165, 1.54) is 12.1 Å². The summed E-state index contributed by atoms with van der Waals surface area (Å²) in [5.41, 5.74) is 0.0727. The zero-order valence-corrected chi connectivity index (χ0v) is 16.9. The van der Waals surface area contributed by atoms with Gasteiger partial charge in [-0.05, 0) is 44.4 Å². The highest BCUT2D eigenvalue weighted by molar-refractivity contribution is 9.10. The lowest BCUT2D eigenvalue weighted by atomic mass is 10.3. The minimum absolute atomic E-state index is 0.00918. The molecule has 0 bridgehead atoms. The number of nitrogens with zero attached hydrogens (tertiary/aromatic N) is 5. The van der Waals surface area contributed by atoms with Crippen LogP contribution in [0, 0.1) is 5.82 Å². The van der Waals surface area contributed by atoms with Gasteiger partial charge in [0.2, 0.25) is 11.6 Å². The molecule has 1 amide bonds. The first-order valence-corrected chi connectivity index (χ1v) is 10.0. The van der Waals surface area contributed by atoms with E-state index < -0.39 is 34.4 Å². The highest BCUT2D eigenvalue weighted by Crippen LogP contribution is 2.26. The molecular weight excluding hydrogens is 497 g/mol. The molecule has 0 aliphatic heterocycles. The first-order valence-electron chi connectivity index (χ1n) is 7.74. The van der Waals surface area contributed by atoms with Gasteiger partial charge in [-0.15, -0.1) is 0 Å². The molecule has 17 heteroatoms. The van der Waals surface area contributed by atoms with E-state index in [0.717, 1.165) is 10.6 Å². The molecule has 14 nitrogen and oxygen atoms in total. The number of nitrogens with two attached hydrogens (primary N) is 1. The van der Waals surface area contributed by atoms with Crippen molar-refractivity contribution in [1.82, 2.24) is 24.3 Å². The predicted octanol–water partition coefficient (Wildman–Crippen LogP) is 0.373. The second-order valence-electron chi connectivity index (χ2n) is 5.49. The number of rotatable bonds is 7. The Labute approximate surface area is 174 Å². The molecule has 2 aromatic heterocycles. The van der Waals surface area contributed by atoms with Crippen LogP contribution < -0.4 is 16.2 Å². The number of nitrogens with one attached hydrogen (secondary N) is 1. The van der Waals surface area contributed by atoms with Gasteiger partial charge in [0.15, 0.2) is 5.69 Å². The Bertz CT molecular complexity index is 1250. The summed E-state index contributed by atoms with van der Waals surface area (Å²) in [6.07, 6.45) is -1.77. The second-order valence-corrected chi connectivity index (χ2v) is 7.82. The number of hydrogen-bond acceptors (Lipinski definition) is 10. The van der Waals surface area contributed by atoms with E-state index in [-0.39, 0.29) is 38.3 Å². The highest BCUT2D eigenvalue weighted by atomic mass is 79.9. The van der Waals surface area contributed by atoms with Crippen LogP contribution in [0.15, 0.2) is 36.6 Å². The van der Waals surface area contributed by atoms with Crippen LogP contribution in [-0.4, -0.2) is 57.0 Å². The van der Waals surface area contributed by atoms with Crippen molar-refractivity contribution in [1.29, 1.82) is 0 Å². The molecule has 30 heavy (non-hydrogen) atoms. The van der Waals surface area contributed by atoms with Crippen LogP contribution in [0.5, 0.6) is 0 Å². The molecule has 3 rings (SSSR count). The van der Waals surface area contributed by atoms with Gasteiger partial charge in [0, 0.05) is 6.54 Å². The first-order chi connectivity index (χ1) is 14.1. The van der Waals surface area contributed by atoms with Crippen LogP contribution in [0.1, 0.15) is 0 Å². The van der Waals surface area contributed by atoms with Crippen molar-refractivity contribution in [3.63, 3.8) is 0 Å². The molecule has 3 aromatic rings. The van der Waals surface area contributed by atoms with E-state index in [0.29, 0.717) is 0 Å². The Morgan fingerprint density at radius 3 is 2.73 bits per heavy atom. The van der Waals surface area contributed by atoms with Crippen molar-refractivity contribution in [2.45, 2.75) is 0 Å². The Hall–Kier alpha value is -3.31. The first kappa shape index (κ1) is 21.4. The maximum absolute atomic E-state index is 13.5. The van der Waals surface area contributed by atoms with Crippen molar-refractivity contribution in [3.8, 4) is 17.2 Å². The molecule has 0 spiro atoms. The lowest BCUT2D eigenvalue weighted by Gasteiger charge is -2.15. The second kappa shape index (κ2) is 8.20. The highest BCUT2D eigenvalue weighted by Gasteiger charge is 2.25. The van der Waals surface area contributed by atoms with Gasteiger partial charge in [-0.25, -0.2) is 28.3 Å². The summed E-state index contributed by atoms with van der Waals surface area (Å²) in [6.45, 7) is -0.828. The SMILES string of the molecule is NS(=O)(=O)N(CCNc1nonc1-c1noc(=O)n1-c1ccc(F)c(Br)c1)C(=O)O. The van der Waals surface area contributed by atoms with Crippen molar-refractivity contribution in [2.24, 2.45) is 5.14 Å². The smallest absolute Gasteiger partial charge is 0.446 e. The van der Waals surface area contributed by atoms with Crippen molar-refractivity contribution in [3.05, 3.63) is 39.0 Å². The number of hydrogen-bond donors (Lipinski definition) is 3. The fourth-order valence-electron chi connectivity index (χ4n) is 2.31. The topological polar surface area (TPSA) is 200 Å². The standard InChI is InChI=1S/C13H11BrFN7O7S/c14-7-5-6(1-2-8(7)15)22-11(20-28-13(22)25)9-10(19-29-18-9)17-3-4-21(12(23)24)30(16,26)27/h1-2,5H,3-4H2,(H,17,19)(H,23,24)(H2,16,26,27). The average molecular weight is 508 g/mol. The summed E-state index contributed by atoms with van der Waals surface area (Å²) in [4.78, 5) is 23.1. The Kier molecular flexibility index (Phi) is 5.85. The van der Waals surface area contributed by atoms with Gasteiger partial charge in [-0.2, -0.15) is 12.7 Å². The Morgan fingerprint density at radius 2 is 2.10 bits per heavy atom. The molecule has 0 aliphatic carbocycles. The van der Waals surface area contributed by atoms with Crippen LogP contribution in [0.4, 0.5) is 15.0 Å². The van der Waals surface area contributed by atoms with E-state index in [2.05, 4.69) is 45.9 Å². The van der Waals surface area contributed by atoms with Crippen LogP contribution >= 0.6 is 15.9 Å². The van der Waals surface area contributed by atoms with Crippen LogP contribution in [-0.2, 0) is 10.2 Å². The molecule has 2 heterocycles. The van der Waals surface area contributed by atoms with Crippen LogP contribution in [0.2, 0.25) is 0 Å². The minimum Gasteiger partial charge on any atom is -0.464 e. The molecule has 1 aromatic carbocycles. The normalized spacial score (nSPS) is 11.4. The number of amides is 1. The summed E-state index contributed by atoms with van der Waals surface area (Å²) in [5.74, 6) is -1.74. The molecule has 0 saturated carbocycles. The molecule has 4 N–H and O–H groups in total. The maximum Gasteiger partial charge on any atom is 0.446 e. The van der Waals surface area contributed by atoms with E-state index in [1.54, 1.807) is 0 Å². The van der Waals surface area contributed by atoms with Crippen molar-refractivity contribution < 1.29 is 31.9 Å². The van der Waals surface area contributed by atoms with E-state index in [4.69, 9.17) is 10.2 Å². The molecule has 0 atom stereocenters. The monoisotopic (exact) mass is 507 g/mol. The molecule has 0 unspecified atom stereocenters. The third-order valence-electron chi connectivity index (χ3n) is 3.59. The van der Waals surface area contributed by atoms with E-state index in [1.807, 2.05) is 0 Å². The minimum atomic E-state index is -4.49. The molecular formula is C13H11BrFN7O7S. The van der Waals surface area contributed by atoms with Crippen LogP contribution in [0.3, 0.4) is 0 Å². The summed E-state index contributed by atoms with van der Waals surface area (Å²) in [7, 11) is -4.49. The largest absolute Gasteiger partial charge is 0.464 e. The quantitative estimate of drug-likeness (QED) is 0.398. The lowest BCUT2D eigenvalue weighted by molar-refractivity contribution is 0.173. The number of benzene rings is 1. The Morgan fingerprint density at radius 1 is 1.37 bits per heavy atom. The zero-order valence-electron chi connectivity index (χ0n) is 14.5. The molecule has 0 radical (unpaired) electrons. The van der Waals surface area contributed by atoms with Crippen molar-refractivity contribution >= 4 is 38.1 Å². The predicted molar refractivity (Wildman–Crippen MR) is 99.4 cm³/mol. The number of carbonyl (C=O) groups is 1. The Balaban J connectivity index is 1.88. The van der Waals surface area contributed by atoms with Gasteiger partial charge in [0.05, 0.1) is 16.7 Å². The maximum atomic E-state index is 13.5. The van der Waals surface area contributed by atoms with E-state index in [9.17, 15) is 22.4 Å². The molecule has 0 aliphatic rings. The van der Waals surface area contributed by atoms with Gasteiger partial charge in [-0.3, -0.25) is 4.52 Å². The molecule has 0 saturated heterocycles. The number of anilines is 1. The van der Waals surface area contributed by atoms with Gasteiger partial charge in [0.1, 0.15) is 5.82 Å². The fraction of sp³-hybridized carbons (Fsp3) is 0.154. The van der Waals surface area contributed by atoms with Gasteiger partial charge < -0.3 is 10.4 Å².